The third kappa shape index (κ3) is 5.65. The first-order valence-corrected chi connectivity index (χ1v) is 14.2. The van der Waals surface area contributed by atoms with Gasteiger partial charge in [0.05, 0.1) is 0 Å². The highest BCUT2D eigenvalue weighted by atomic mass is 14.4. The minimum absolute atomic E-state index is 0.825. The van der Waals surface area contributed by atoms with Gasteiger partial charge in [-0.25, -0.2) is 0 Å². The number of allylic oxidation sites excluding steroid dienone is 1. The molecule has 0 spiro atoms. The van der Waals surface area contributed by atoms with Gasteiger partial charge in [0.2, 0.25) is 0 Å². The zero-order valence-corrected chi connectivity index (χ0v) is 23.3. The van der Waals surface area contributed by atoms with E-state index >= 15 is 0 Å². The van der Waals surface area contributed by atoms with Crippen molar-refractivity contribution in [2.75, 3.05) is 0 Å². The fourth-order valence-electron chi connectivity index (χ4n) is 5.36. The van der Waals surface area contributed by atoms with Gasteiger partial charge in [-0.1, -0.05) is 182 Å². The Labute approximate surface area is 249 Å². The van der Waals surface area contributed by atoms with Crippen molar-refractivity contribution in [2.24, 2.45) is 0 Å². The second-order valence-corrected chi connectivity index (χ2v) is 10.1. The molecule has 0 aliphatic rings. The summed E-state index contributed by atoms with van der Waals surface area (Å²) in [7, 11) is 0. The molecule has 0 bridgehead atoms. The molecule has 0 amide bonds. The average molecular weight is 535 g/mol. The topological polar surface area (TPSA) is 0 Å². The fraction of sp³-hybridized carbons (Fsp3) is 0.0238. The number of hydrogen-bond donors (Lipinski definition) is 0. The smallest absolute Gasteiger partial charge is 0.105 e. The maximum Gasteiger partial charge on any atom is 0.114 e. The first-order valence-electron chi connectivity index (χ1n) is 14.2. The van der Waals surface area contributed by atoms with Crippen LogP contribution in [0.5, 0.6) is 0 Å². The molecule has 0 saturated heterocycles. The molecular formula is C42H30. The number of rotatable bonds is 6. The normalized spacial score (nSPS) is 10.6. The van der Waals surface area contributed by atoms with Gasteiger partial charge < -0.3 is 0 Å². The van der Waals surface area contributed by atoms with Gasteiger partial charge >= 0.3 is 0 Å². The average Bonchev–Trinajstić information content (AvgIpc) is 3.09. The van der Waals surface area contributed by atoms with Crippen LogP contribution in [0.25, 0.3) is 11.1 Å². The quantitative estimate of drug-likeness (QED) is 0.147. The Balaban J connectivity index is 1.82. The lowest BCUT2D eigenvalue weighted by Gasteiger charge is -2.32. The van der Waals surface area contributed by atoms with Crippen LogP contribution in [-0.2, 0) is 5.41 Å². The zero-order chi connectivity index (χ0) is 28.5. The Kier molecular flexibility index (Phi) is 8.06. The van der Waals surface area contributed by atoms with Crippen LogP contribution in [0.3, 0.4) is 0 Å². The molecule has 0 nitrogen and oxygen atoms in total. The molecule has 6 rings (SSSR count). The summed E-state index contributed by atoms with van der Waals surface area (Å²) >= 11 is 0. The molecule has 0 saturated carbocycles. The molecule has 6 aromatic rings. The van der Waals surface area contributed by atoms with Gasteiger partial charge in [-0.3, -0.25) is 0 Å². The Morgan fingerprint density at radius 1 is 0.381 bits per heavy atom. The summed E-state index contributed by atoms with van der Waals surface area (Å²) in [5.74, 6) is 7.39. The molecule has 0 aromatic heterocycles. The van der Waals surface area contributed by atoms with E-state index in [1.807, 2.05) is 18.2 Å². The summed E-state index contributed by atoms with van der Waals surface area (Å²) in [6.45, 7) is 0. The summed E-state index contributed by atoms with van der Waals surface area (Å²) < 4.78 is 0. The number of hydrogen-bond acceptors (Lipinski definition) is 0. The van der Waals surface area contributed by atoms with E-state index in [-0.39, 0.29) is 0 Å². The van der Waals surface area contributed by atoms with Gasteiger partial charge in [-0.05, 0) is 39.9 Å². The molecule has 0 heterocycles. The van der Waals surface area contributed by atoms with Gasteiger partial charge in [-0.2, -0.15) is 0 Å². The summed E-state index contributed by atoms with van der Waals surface area (Å²) in [5.41, 5.74) is 11.6. The van der Waals surface area contributed by atoms with Crippen LogP contribution in [0, 0.1) is 11.8 Å². The van der Waals surface area contributed by atoms with E-state index < -0.39 is 5.41 Å². The Hall–Kier alpha value is -5.60. The molecule has 0 radical (unpaired) electrons. The van der Waals surface area contributed by atoms with Gasteiger partial charge in [0.15, 0.2) is 0 Å². The highest BCUT2D eigenvalue weighted by Gasteiger charge is 2.38. The molecule has 0 unspecified atom stereocenters. The van der Waals surface area contributed by atoms with E-state index in [1.165, 1.54) is 0 Å². The van der Waals surface area contributed by atoms with Crippen LogP contribution in [0.2, 0.25) is 0 Å². The molecule has 0 fully saturated rings. The first-order chi connectivity index (χ1) is 20.8. The lowest BCUT2D eigenvalue weighted by atomic mass is 9.67. The first kappa shape index (κ1) is 26.6. The molecule has 0 atom stereocenters. The predicted molar refractivity (Wildman–Crippen MR) is 176 cm³/mol. The van der Waals surface area contributed by atoms with Gasteiger partial charge in [-0.15, -0.1) is 5.73 Å². The van der Waals surface area contributed by atoms with Crippen molar-refractivity contribution >= 4 is 11.1 Å². The highest BCUT2D eigenvalue weighted by Crippen LogP contribution is 2.44. The lowest BCUT2D eigenvalue weighted by Crippen LogP contribution is -2.28. The van der Waals surface area contributed by atoms with Crippen LogP contribution in [0.4, 0.5) is 0 Å². The van der Waals surface area contributed by atoms with E-state index in [1.54, 1.807) is 0 Å². The monoisotopic (exact) mass is 534 g/mol. The minimum Gasteiger partial charge on any atom is -0.105 e. The molecule has 0 heteroatoms. The van der Waals surface area contributed by atoms with Gasteiger partial charge in [0.25, 0.3) is 0 Å². The molecule has 42 heavy (non-hydrogen) atoms. The second kappa shape index (κ2) is 12.7. The molecular weight excluding hydrogens is 504 g/mol. The molecule has 0 N–H and O–H groups in total. The van der Waals surface area contributed by atoms with Crippen molar-refractivity contribution in [3.8, 4) is 11.8 Å². The Bertz CT molecular complexity index is 1770. The Morgan fingerprint density at radius 2 is 0.738 bits per heavy atom. The van der Waals surface area contributed by atoms with E-state index in [0.717, 1.165) is 44.5 Å². The van der Waals surface area contributed by atoms with Crippen molar-refractivity contribution in [1.29, 1.82) is 0 Å². The molecule has 0 aliphatic carbocycles. The van der Waals surface area contributed by atoms with E-state index in [9.17, 15) is 0 Å². The van der Waals surface area contributed by atoms with Crippen molar-refractivity contribution in [2.45, 2.75) is 5.41 Å². The molecule has 0 aliphatic heterocycles. The standard InChI is InChI=1S/C42H30/c1-7-19-34(20-8-1)31-32-42(38-27-15-5-16-28-38,39-29-17-6-18-30-39)41(37-25-13-4-14-26-37)33-40(35-21-9-2-10-22-35)36-23-11-3-12-24-36/h1-30H. The highest BCUT2D eigenvalue weighted by molar-refractivity contribution is 5.90. The van der Waals surface area contributed by atoms with Crippen LogP contribution in [-0.4, -0.2) is 0 Å². The van der Waals surface area contributed by atoms with Crippen molar-refractivity contribution in [1.82, 2.24) is 0 Å². The Morgan fingerprint density at radius 3 is 1.17 bits per heavy atom. The molecule has 6 aromatic carbocycles. The SMILES string of the molecule is C(=C(c1ccccc1)c1ccccc1)=C(c1ccccc1)C(C#Cc1ccccc1)(c1ccccc1)c1ccccc1. The number of benzene rings is 6. The van der Waals surface area contributed by atoms with Crippen LogP contribution >= 0.6 is 0 Å². The van der Waals surface area contributed by atoms with Crippen molar-refractivity contribution < 1.29 is 0 Å². The predicted octanol–water partition coefficient (Wildman–Crippen LogP) is 9.84. The summed E-state index contributed by atoms with van der Waals surface area (Å²) in [5, 5.41) is 0. The third-order valence-electron chi connectivity index (χ3n) is 7.39. The summed E-state index contributed by atoms with van der Waals surface area (Å²) in [6.07, 6.45) is 0. The van der Waals surface area contributed by atoms with E-state index in [0.29, 0.717) is 0 Å². The van der Waals surface area contributed by atoms with Crippen molar-refractivity contribution in [3.63, 3.8) is 0 Å². The van der Waals surface area contributed by atoms with Crippen LogP contribution in [0.15, 0.2) is 188 Å². The summed E-state index contributed by atoms with van der Waals surface area (Å²) in [6, 6.07) is 63.1. The van der Waals surface area contributed by atoms with E-state index in [2.05, 4.69) is 181 Å². The second-order valence-electron chi connectivity index (χ2n) is 10.1. The summed E-state index contributed by atoms with van der Waals surface area (Å²) in [4.78, 5) is 0. The van der Waals surface area contributed by atoms with Crippen LogP contribution in [0.1, 0.15) is 33.4 Å². The van der Waals surface area contributed by atoms with Crippen LogP contribution < -0.4 is 0 Å². The fourth-order valence-corrected chi connectivity index (χ4v) is 5.36. The van der Waals surface area contributed by atoms with Gasteiger partial charge in [0.1, 0.15) is 5.41 Å². The minimum atomic E-state index is -0.825. The largest absolute Gasteiger partial charge is 0.114 e. The lowest BCUT2D eigenvalue weighted by molar-refractivity contribution is 0.872. The van der Waals surface area contributed by atoms with Crippen molar-refractivity contribution in [3.05, 3.63) is 221 Å². The zero-order valence-electron chi connectivity index (χ0n) is 23.3. The molecule has 198 valence electrons. The maximum atomic E-state index is 4.01. The van der Waals surface area contributed by atoms with E-state index in [4.69, 9.17) is 0 Å². The van der Waals surface area contributed by atoms with Gasteiger partial charge in [0, 0.05) is 16.7 Å². The third-order valence-corrected chi connectivity index (χ3v) is 7.39. The maximum absolute atomic E-state index is 4.01.